The smallest absolute Gasteiger partial charge is 0.328 e. The van der Waals surface area contributed by atoms with Crippen molar-refractivity contribution in [1.82, 2.24) is 10.2 Å². The zero-order valence-corrected chi connectivity index (χ0v) is 8.36. The topological polar surface area (TPSA) is 89.9 Å². The van der Waals surface area contributed by atoms with E-state index in [4.69, 9.17) is 10.2 Å². The number of carbonyl (C=O) groups is 2. The zero-order chi connectivity index (χ0) is 11.1. The number of carboxylic acid groups (broad SMARTS) is 1. The van der Waals surface area contributed by atoms with Gasteiger partial charge in [-0.2, -0.15) is 0 Å². The molecule has 1 atom stereocenters. The Hall–Kier alpha value is -1.14. The molecule has 0 fully saturated rings. The molecule has 3 N–H and O–H groups in total. The van der Waals surface area contributed by atoms with Crippen LogP contribution < -0.4 is 5.32 Å². The number of carboxylic acids is 1. The number of hydrogen-bond acceptors (Lipinski definition) is 4. The second kappa shape index (κ2) is 6.33. The van der Waals surface area contributed by atoms with Crippen LogP contribution in [0.3, 0.4) is 0 Å². The van der Waals surface area contributed by atoms with Gasteiger partial charge in [0, 0.05) is 13.0 Å². The Balaban J connectivity index is 3.85. The number of rotatable bonds is 6. The third-order valence-electron chi connectivity index (χ3n) is 1.60. The summed E-state index contributed by atoms with van der Waals surface area (Å²) in [4.78, 5) is 23.3. The predicted molar refractivity (Wildman–Crippen MR) is 49.8 cm³/mol. The molecule has 0 saturated carbocycles. The lowest BCUT2D eigenvalue weighted by Crippen LogP contribution is -2.43. The molecular formula is C8H16N2O4. The van der Waals surface area contributed by atoms with Crippen molar-refractivity contribution in [3.05, 3.63) is 0 Å². The molecule has 0 aliphatic carbocycles. The normalized spacial score (nSPS) is 12.6. The number of aliphatic carboxylic acids is 1. The highest BCUT2D eigenvalue weighted by molar-refractivity contribution is 5.83. The summed E-state index contributed by atoms with van der Waals surface area (Å²) >= 11 is 0. The number of nitrogens with one attached hydrogen (secondary N) is 1. The summed E-state index contributed by atoms with van der Waals surface area (Å²) in [7, 11) is 3.63. The van der Waals surface area contributed by atoms with Gasteiger partial charge in [-0.15, -0.1) is 0 Å². The molecule has 0 rings (SSSR count). The van der Waals surface area contributed by atoms with Crippen molar-refractivity contribution in [2.75, 3.05) is 27.2 Å². The fourth-order valence-electron chi connectivity index (χ4n) is 0.777. The molecule has 82 valence electrons. The maximum Gasteiger partial charge on any atom is 0.328 e. The van der Waals surface area contributed by atoms with E-state index in [1.165, 1.54) is 0 Å². The fourth-order valence-corrected chi connectivity index (χ4v) is 0.777. The van der Waals surface area contributed by atoms with E-state index in [0.29, 0.717) is 6.54 Å². The van der Waals surface area contributed by atoms with Crippen LogP contribution in [0.2, 0.25) is 0 Å². The summed E-state index contributed by atoms with van der Waals surface area (Å²) in [6.07, 6.45) is 0.219. The van der Waals surface area contributed by atoms with Crippen LogP contribution in [0.4, 0.5) is 0 Å². The van der Waals surface area contributed by atoms with Crippen LogP contribution in [-0.2, 0) is 9.59 Å². The third-order valence-corrected chi connectivity index (χ3v) is 1.60. The summed E-state index contributed by atoms with van der Waals surface area (Å²) in [5.74, 6) is -1.61. The molecule has 0 aromatic carbocycles. The van der Waals surface area contributed by atoms with Crippen LogP contribution in [0.25, 0.3) is 0 Å². The van der Waals surface area contributed by atoms with Crippen LogP contribution in [0.5, 0.6) is 0 Å². The number of aliphatic hydroxyl groups is 1. The van der Waals surface area contributed by atoms with Gasteiger partial charge in [-0.1, -0.05) is 0 Å². The molecular weight excluding hydrogens is 188 g/mol. The third kappa shape index (κ3) is 5.50. The van der Waals surface area contributed by atoms with E-state index in [1.54, 1.807) is 0 Å². The van der Waals surface area contributed by atoms with Crippen molar-refractivity contribution >= 4 is 11.9 Å². The first-order chi connectivity index (χ1) is 6.47. The molecule has 0 aromatic heterocycles. The Morgan fingerprint density at radius 3 is 2.36 bits per heavy atom. The minimum atomic E-state index is -1.23. The molecule has 0 aliphatic rings. The van der Waals surface area contributed by atoms with Crippen molar-refractivity contribution in [3.63, 3.8) is 0 Å². The van der Waals surface area contributed by atoms with Gasteiger partial charge in [0.05, 0.1) is 6.61 Å². The van der Waals surface area contributed by atoms with Gasteiger partial charge >= 0.3 is 5.97 Å². The quantitative estimate of drug-likeness (QED) is 0.490. The lowest BCUT2D eigenvalue weighted by Gasteiger charge is -2.13. The van der Waals surface area contributed by atoms with E-state index in [9.17, 15) is 9.59 Å². The first-order valence-electron chi connectivity index (χ1n) is 4.25. The van der Waals surface area contributed by atoms with Crippen LogP contribution in [0.15, 0.2) is 0 Å². The van der Waals surface area contributed by atoms with E-state index in [2.05, 4.69) is 5.32 Å². The average molecular weight is 204 g/mol. The Kier molecular flexibility index (Phi) is 5.82. The van der Waals surface area contributed by atoms with E-state index < -0.39 is 18.6 Å². The lowest BCUT2D eigenvalue weighted by atomic mass is 10.3. The summed E-state index contributed by atoms with van der Waals surface area (Å²) < 4.78 is 0. The number of nitrogens with zero attached hydrogens (tertiary/aromatic N) is 1. The Morgan fingerprint density at radius 1 is 1.43 bits per heavy atom. The monoisotopic (exact) mass is 204 g/mol. The number of aliphatic hydroxyl groups excluding tert-OH is 1. The SMILES string of the molecule is CN(C)CCC(=O)NC(CO)C(=O)O. The average Bonchev–Trinajstić information content (AvgIpc) is 2.10. The van der Waals surface area contributed by atoms with Crippen molar-refractivity contribution in [1.29, 1.82) is 0 Å². The number of amides is 1. The molecule has 0 spiro atoms. The molecule has 0 bridgehead atoms. The Labute approximate surface area is 82.5 Å². The van der Waals surface area contributed by atoms with Gasteiger partial charge in [0.25, 0.3) is 0 Å². The largest absolute Gasteiger partial charge is 0.480 e. The fraction of sp³-hybridized carbons (Fsp3) is 0.750. The summed E-state index contributed by atoms with van der Waals surface area (Å²) in [5.41, 5.74) is 0. The maximum absolute atomic E-state index is 11.1. The molecule has 6 heteroatoms. The second-order valence-corrected chi connectivity index (χ2v) is 3.19. The van der Waals surface area contributed by atoms with Crippen molar-refractivity contribution < 1.29 is 19.8 Å². The Morgan fingerprint density at radius 2 is 2.00 bits per heavy atom. The predicted octanol–water partition coefficient (Wildman–Crippen LogP) is -1.50. The second-order valence-electron chi connectivity index (χ2n) is 3.19. The summed E-state index contributed by atoms with van der Waals surface area (Å²) in [5, 5.41) is 19.3. The summed E-state index contributed by atoms with van der Waals surface area (Å²) in [6.45, 7) is -0.0490. The zero-order valence-electron chi connectivity index (χ0n) is 8.36. The van der Waals surface area contributed by atoms with E-state index in [0.717, 1.165) is 0 Å². The number of hydrogen-bond donors (Lipinski definition) is 3. The Bertz CT molecular complexity index is 206. The first kappa shape index (κ1) is 12.9. The molecule has 1 unspecified atom stereocenters. The minimum absolute atomic E-state index is 0.219. The molecule has 1 amide bonds. The van der Waals surface area contributed by atoms with Crippen molar-refractivity contribution in [3.8, 4) is 0 Å². The standard InChI is InChI=1S/C8H16N2O4/c1-10(2)4-3-7(12)9-6(5-11)8(13)14/h6,11H,3-5H2,1-2H3,(H,9,12)(H,13,14). The minimum Gasteiger partial charge on any atom is -0.480 e. The van der Waals surface area contributed by atoms with Crippen molar-refractivity contribution in [2.24, 2.45) is 0 Å². The molecule has 0 saturated heterocycles. The van der Waals surface area contributed by atoms with E-state index in [1.807, 2.05) is 19.0 Å². The van der Waals surface area contributed by atoms with Crippen LogP contribution in [0.1, 0.15) is 6.42 Å². The van der Waals surface area contributed by atoms with Gasteiger partial charge in [-0.05, 0) is 14.1 Å². The van der Waals surface area contributed by atoms with E-state index in [-0.39, 0.29) is 12.3 Å². The molecule has 6 nitrogen and oxygen atoms in total. The van der Waals surface area contributed by atoms with Gasteiger partial charge in [0.2, 0.25) is 5.91 Å². The van der Waals surface area contributed by atoms with Gasteiger partial charge in [-0.3, -0.25) is 4.79 Å². The molecule has 0 heterocycles. The lowest BCUT2D eigenvalue weighted by molar-refractivity contribution is -0.143. The van der Waals surface area contributed by atoms with Gasteiger partial charge in [0.15, 0.2) is 0 Å². The molecule has 0 aromatic rings. The van der Waals surface area contributed by atoms with Gasteiger partial charge in [0.1, 0.15) is 6.04 Å². The number of carbonyl (C=O) groups excluding carboxylic acids is 1. The highest BCUT2D eigenvalue weighted by Gasteiger charge is 2.18. The van der Waals surface area contributed by atoms with Crippen LogP contribution in [-0.4, -0.2) is 60.3 Å². The molecule has 14 heavy (non-hydrogen) atoms. The van der Waals surface area contributed by atoms with Gasteiger partial charge < -0.3 is 20.4 Å². The van der Waals surface area contributed by atoms with Crippen molar-refractivity contribution in [2.45, 2.75) is 12.5 Å². The first-order valence-corrected chi connectivity index (χ1v) is 4.25. The van der Waals surface area contributed by atoms with Crippen LogP contribution >= 0.6 is 0 Å². The molecule has 0 aliphatic heterocycles. The summed E-state index contributed by atoms with van der Waals surface area (Å²) in [6, 6.07) is -1.20. The highest BCUT2D eigenvalue weighted by Crippen LogP contribution is 1.87. The van der Waals surface area contributed by atoms with Crippen LogP contribution in [0, 0.1) is 0 Å². The molecule has 0 radical (unpaired) electrons. The van der Waals surface area contributed by atoms with E-state index >= 15 is 0 Å². The van der Waals surface area contributed by atoms with Gasteiger partial charge in [-0.25, -0.2) is 4.79 Å². The highest BCUT2D eigenvalue weighted by atomic mass is 16.4. The maximum atomic E-state index is 11.1.